The molecule has 1 aromatic heterocycles. The summed E-state index contributed by atoms with van der Waals surface area (Å²) in [6, 6.07) is 13.3. The maximum Gasteiger partial charge on any atom is 0.275 e. The maximum absolute atomic E-state index is 12.1. The summed E-state index contributed by atoms with van der Waals surface area (Å²) in [6.07, 6.45) is 1.35. The second-order valence-corrected chi connectivity index (χ2v) is 6.88. The predicted octanol–water partition coefficient (Wildman–Crippen LogP) is 3.95. The number of rotatable bonds is 5. The van der Waals surface area contributed by atoms with Crippen LogP contribution >= 0.6 is 22.9 Å². The molecule has 0 radical (unpaired) electrons. The first kappa shape index (κ1) is 19.5. The van der Waals surface area contributed by atoms with Gasteiger partial charge in [0.1, 0.15) is 5.75 Å². The van der Waals surface area contributed by atoms with E-state index in [1.807, 2.05) is 30.3 Å². The molecule has 2 N–H and O–H groups in total. The SMILES string of the molecule is CC(=O)N(c1ccccc1)c1nc(/C=N\NC(=O)c2cc(Cl)ccc2O)cs1. The van der Waals surface area contributed by atoms with Crippen molar-refractivity contribution in [2.75, 3.05) is 4.90 Å². The molecule has 0 fully saturated rings. The van der Waals surface area contributed by atoms with Crippen molar-refractivity contribution in [2.24, 2.45) is 5.10 Å². The molecule has 0 spiro atoms. The van der Waals surface area contributed by atoms with Crippen LogP contribution in [0.4, 0.5) is 10.8 Å². The van der Waals surface area contributed by atoms with Gasteiger partial charge in [-0.2, -0.15) is 5.10 Å². The number of nitrogens with one attached hydrogen (secondary N) is 1. The van der Waals surface area contributed by atoms with Gasteiger partial charge in [0.2, 0.25) is 5.91 Å². The summed E-state index contributed by atoms with van der Waals surface area (Å²) in [4.78, 5) is 30.0. The number of hydrazone groups is 1. The molecule has 0 bridgehead atoms. The van der Waals surface area contributed by atoms with Crippen molar-refractivity contribution < 1.29 is 14.7 Å². The van der Waals surface area contributed by atoms with Crippen LogP contribution in [-0.2, 0) is 4.79 Å². The van der Waals surface area contributed by atoms with Gasteiger partial charge in [-0.1, -0.05) is 29.8 Å². The lowest BCUT2D eigenvalue weighted by molar-refractivity contribution is -0.115. The lowest BCUT2D eigenvalue weighted by Crippen LogP contribution is -2.22. The minimum Gasteiger partial charge on any atom is -0.507 e. The highest BCUT2D eigenvalue weighted by molar-refractivity contribution is 7.14. The molecule has 0 aliphatic rings. The summed E-state index contributed by atoms with van der Waals surface area (Å²) in [5.41, 5.74) is 3.49. The number of hydrogen-bond donors (Lipinski definition) is 2. The van der Waals surface area contributed by atoms with Gasteiger partial charge in [-0.05, 0) is 30.3 Å². The van der Waals surface area contributed by atoms with Crippen LogP contribution in [0.25, 0.3) is 0 Å². The monoisotopic (exact) mass is 414 g/mol. The number of thiazole rings is 1. The fourth-order valence-corrected chi connectivity index (χ4v) is 3.36. The number of phenolic OH excluding ortho intramolecular Hbond substituents is 1. The Labute approximate surface area is 169 Å². The van der Waals surface area contributed by atoms with Gasteiger partial charge in [-0.15, -0.1) is 11.3 Å². The lowest BCUT2D eigenvalue weighted by atomic mass is 10.2. The van der Waals surface area contributed by atoms with Crippen molar-refractivity contribution in [1.82, 2.24) is 10.4 Å². The normalized spacial score (nSPS) is 10.8. The number of carbonyl (C=O) groups is 2. The molecule has 28 heavy (non-hydrogen) atoms. The summed E-state index contributed by atoms with van der Waals surface area (Å²) >= 11 is 7.10. The van der Waals surface area contributed by atoms with Crippen LogP contribution in [0, 0.1) is 0 Å². The Morgan fingerprint density at radius 3 is 2.71 bits per heavy atom. The van der Waals surface area contributed by atoms with E-state index in [1.165, 1.54) is 47.6 Å². The molecule has 3 rings (SSSR count). The molecule has 1 heterocycles. The lowest BCUT2D eigenvalue weighted by Gasteiger charge is -2.17. The maximum atomic E-state index is 12.1. The number of benzene rings is 2. The van der Waals surface area contributed by atoms with Gasteiger partial charge in [0.15, 0.2) is 5.13 Å². The van der Waals surface area contributed by atoms with Crippen molar-refractivity contribution in [3.63, 3.8) is 0 Å². The van der Waals surface area contributed by atoms with Crippen molar-refractivity contribution in [3.8, 4) is 5.75 Å². The van der Waals surface area contributed by atoms with Gasteiger partial charge in [0, 0.05) is 17.3 Å². The van der Waals surface area contributed by atoms with Crippen LogP contribution in [0.5, 0.6) is 5.75 Å². The molecule has 2 amide bonds. The van der Waals surface area contributed by atoms with Gasteiger partial charge >= 0.3 is 0 Å². The highest BCUT2D eigenvalue weighted by atomic mass is 35.5. The number of aromatic nitrogens is 1. The van der Waals surface area contributed by atoms with E-state index in [4.69, 9.17) is 11.6 Å². The number of halogens is 1. The van der Waals surface area contributed by atoms with E-state index in [9.17, 15) is 14.7 Å². The Hall–Kier alpha value is -3.23. The number of phenols is 1. The molecule has 2 aromatic carbocycles. The third kappa shape index (κ3) is 4.54. The van der Waals surface area contributed by atoms with Crippen molar-refractivity contribution in [1.29, 1.82) is 0 Å². The number of para-hydroxylation sites is 1. The highest BCUT2D eigenvalue weighted by Gasteiger charge is 2.17. The zero-order valence-electron chi connectivity index (χ0n) is 14.7. The zero-order valence-corrected chi connectivity index (χ0v) is 16.2. The first-order chi connectivity index (χ1) is 13.5. The molecule has 3 aromatic rings. The molecule has 0 aliphatic carbocycles. The van der Waals surface area contributed by atoms with Gasteiger partial charge in [-0.25, -0.2) is 10.4 Å². The number of nitrogens with zero attached hydrogens (tertiary/aromatic N) is 3. The van der Waals surface area contributed by atoms with Crippen molar-refractivity contribution >= 4 is 51.8 Å². The Bertz CT molecular complexity index is 1040. The van der Waals surface area contributed by atoms with Crippen LogP contribution in [0.15, 0.2) is 59.0 Å². The number of anilines is 2. The Morgan fingerprint density at radius 2 is 2.00 bits per heavy atom. The van der Waals surface area contributed by atoms with E-state index >= 15 is 0 Å². The minimum absolute atomic E-state index is 0.00968. The summed E-state index contributed by atoms with van der Waals surface area (Å²) < 4.78 is 0. The van der Waals surface area contributed by atoms with E-state index in [0.717, 1.165) is 0 Å². The molecular formula is C19H15ClN4O3S. The van der Waals surface area contributed by atoms with Gasteiger partial charge in [0.05, 0.1) is 23.2 Å². The topological polar surface area (TPSA) is 94.9 Å². The summed E-state index contributed by atoms with van der Waals surface area (Å²) in [6.45, 7) is 1.46. The van der Waals surface area contributed by atoms with Crippen LogP contribution in [0.1, 0.15) is 23.0 Å². The minimum atomic E-state index is -0.610. The molecular weight excluding hydrogens is 400 g/mol. The second kappa shape index (κ2) is 8.64. The average Bonchev–Trinajstić information content (AvgIpc) is 3.12. The average molecular weight is 415 g/mol. The largest absolute Gasteiger partial charge is 0.507 e. The fraction of sp³-hybridized carbons (Fsp3) is 0.0526. The quantitative estimate of drug-likeness (QED) is 0.488. The Morgan fingerprint density at radius 1 is 1.25 bits per heavy atom. The third-order valence-corrected chi connectivity index (χ3v) is 4.68. The van der Waals surface area contributed by atoms with Crippen molar-refractivity contribution in [2.45, 2.75) is 6.92 Å². The predicted molar refractivity (Wildman–Crippen MR) is 110 cm³/mol. The van der Waals surface area contributed by atoms with E-state index in [0.29, 0.717) is 21.5 Å². The summed E-state index contributed by atoms with van der Waals surface area (Å²) in [7, 11) is 0. The third-order valence-electron chi connectivity index (χ3n) is 3.60. The molecule has 7 nitrogen and oxygen atoms in total. The first-order valence-electron chi connectivity index (χ1n) is 8.09. The summed E-state index contributed by atoms with van der Waals surface area (Å²) in [5, 5.41) is 16.1. The number of carbonyl (C=O) groups excluding carboxylic acids is 2. The van der Waals surface area contributed by atoms with Crippen molar-refractivity contribution in [3.05, 3.63) is 70.2 Å². The van der Waals surface area contributed by atoms with Gasteiger partial charge in [-0.3, -0.25) is 14.5 Å². The molecule has 0 atom stereocenters. The van der Waals surface area contributed by atoms with Crippen LogP contribution in [0.2, 0.25) is 5.02 Å². The van der Waals surface area contributed by atoms with Gasteiger partial charge in [0.25, 0.3) is 5.91 Å². The molecule has 9 heteroatoms. The van der Waals surface area contributed by atoms with E-state index in [2.05, 4.69) is 15.5 Å². The van der Waals surface area contributed by atoms with E-state index < -0.39 is 5.91 Å². The second-order valence-electron chi connectivity index (χ2n) is 5.61. The summed E-state index contributed by atoms with van der Waals surface area (Å²) in [5.74, 6) is -0.983. The standard InChI is InChI=1S/C19H15ClN4O3S/c1-12(25)24(15-5-3-2-4-6-15)19-22-14(11-28-19)10-21-23-18(27)16-9-13(20)7-8-17(16)26/h2-11,26H,1H3,(H,23,27)/b21-10-. The Balaban J connectivity index is 1.72. The molecule has 0 saturated heterocycles. The Kier molecular flexibility index (Phi) is 6.03. The van der Waals surface area contributed by atoms with Crippen LogP contribution < -0.4 is 10.3 Å². The van der Waals surface area contributed by atoms with E-state index in [1.54, 1.807) is 5.38 Å². The molecule has 142 valence electrons. The molecule has 0 unspecified atom stereocenters. The zero-order chi connectivity index (χ0) is 20.1. The molecule has 0 saturated carbocycles. The fourth-order valence-electron chi connectivity index (χ4n) is 2.35. The van der Waals surface area contributed by atoms with Crippen LogP contribution in [-0.4, -0.2) is 28.1 Å². The van der Waals surface area contributed by atoms with Gasteiger partial charge < -0.3 is 5.11 Å². The van der Waals surface area contributed by atoms with E-state index in [-0.39, 0.29) is 17.2 Å². The number of aromatic hydroxyl groups is 1. The van der Waals surface area contributed by atoms with Crippen LogP contribution in [0.3, 0.4) is 0 Å². The molecule has 0 aliphatic heterocycles. The smallest absolute Gasteiger partial charge is 0.275 e. The first-order valence-corrected chi connectivity index (χ1v) is 9.34. The number of hydrogen-bond acceptors (Lipinski definition) is 6. The highest BCUT2D eigenvalue weighted by Crippen LogP contribution is 2.28. The number of amides is 2.